The number of rotatable bonds is 4. The second-order valence-electron chi connectivity index (χ2n) is 6.11. The molecule has 0 spiro atoms. The van der Waals surface area contributed by atoms with Crippen molar-refractivity contribution in [2.75, 3.05) is 13.1 Å². The van der Waals surface area contributed by atoms with Crippen LogP contribution in [0.5, 0.6) is 0 Å². The standard InChI is InChI=1S/C15H28N2O/c1-3-9-16-14-8-5-10-17(15(14)18)13-7-4-6-12(2)11-13/h12-14,16H,3-11H2,1-2H3. The molecule has 2 fully saturated rings. The van der Waals surface area contributed by atoms with Gasteiger partial charge in [0.15, 0.2) is 0 Å². The number of nitrogens with zero attached hydrogens (tertiary/aromatic N) is 1. The fourth-order valence-electron chi connectivity index (χ4n) is 3.46. The Bertz CT molecular complexity index is 280. The van der Waals surface area contributed by atoms with Crippen LogP contribution < -0.4 is 5.32 Å². The molecular weight excluding hydrogens is 224 g/mol. The average molecular weight is 252 g/mol. The molecule has 1 aliphatic carbocycles. The van der Waals surface area contributed by atoms with Crippen molar-refractivity contribution >= 4 is 5.91 Å². The zero-order valence-electron chi connectivity index (χ0n) is 12.0. The van der Waals surface area contributed by atoms with Crippen molar-refractivity contribution in [2.24, 2.45) is 5.92 Å². The van der Waals surface area contributed by atoms with Crippen molar-refractivity contribution < 1.29 is 4.79 Å². The summed E-state index contributed by atoms with van der Waals surface area (Å²) in [6, 6.07) is 0.614. The van der Waals surface area contributed by atoms with Gasteiger partial charge in [-0.15, -0.1) is 0 Å². The number of piperidine rings is 1. The molecule has 1 amide bonds. The van der Waals surface area contributed by atoms with Gasteiger partial charge in [0, 0.05) is 12.6 Å². The molecule has 3 atom stereocenters. The topological polar surface area (TPSA) is 32.3 Å². The Kier molecular flexibility index (Phi) is 5.04. The molecular formula is C15H28N2O. The highest BCUT2D eigenvalue weighted by Gasteiger charge is 2.34. The van der Waals surface area contributed by atoms with Gasteiger partial charge in [0.05, 0.1) is 6.04 Å². The summed E-state index contributed by atoms with van der Waals surface area (Å²) in [5, 5.41) is 3.41. The van der Waals surface area contributed by atoms with Crippen LogP contribution in [0.1, 0.15) is 58.8 Å². The molecule has 1 aliphatic heterocycles. The summed E-state index contributed by atoms with van der Waals surface area (Å²) < 4.78 is 0. The van der Waals surface area contributed by atoms with Crippen molar-refractivity contribution in [1.82, 2.24) is 10.2 Å². The van der Waals surface area contributed by atoms with Crippen LogP contribution in [0.3, 0.4) is 0 Å². The summed E-state index contributed by atoms with van der Waals surface area (Å²) in [7, 11) is 0. The van der Waals surface area contributed by atoms with E-state index in [0.29, 0.717) is 11.9 Å². The predicted molar refractivity (Wildman–Crippen MR) is 74.4 cm³/mol. The number of likely N-dealkylation sites (tertiary alicyclic amines) is 1. The van der Waals surface area contributed by atoms with E-state index in [2.05, 4.69) is 24.1 Å². The molecule has 0 aromatic carbocycles. The Morgan fingerprint density at radius 3 is 2.83 bits per heavy atom. The molecule has 1 N–H and O–H groups in total. The highest BCUT2D eigenvalue weighted by molar-refractivity contribution is 5.83. The van der Waals surface area contributed by atoms with E-state index in [1.807, 2.05) is 0 Å². The highest BCUT2D eigenvalue weighted by atomic mass is 16.2. The van der Waals surface area contributed by atoms with Crippen LogP contribution in [-0.4, -0.2) is 36.0 Å². The fraction of sp³-hybridized carbons (Fsp3) is 0.933. The molecule has 1 heterocycles. The van der Waals surface area contributed by atoms with Crippen molar-refractivity contribution in [2.45, 2.75) is 70.9 Å². The molecule has 0 radical (unpaired) electrons. The Balaban J connectivity index is 1.92. The molecule has 3 heteroatoms. The first kappa shape index (κ1) is 13.9. The molecule has 2 rings (SSSR count). The molecule has 18 heavy (non-hydrogen) atoms. The van der Waals surface area contributed by atoms with Gasteiger partial charge in [-0.05, 0) is 44.6 Å². The van der Waals surface area contributed by atoms with E-state index in [9.17, 15) is 4.79 Å². The van der Waals surface area contributed by atoms with Gasteiger partial charge in [0.25, 0.3) is 0 Å². The second kappa shape index (κ2) is 6.55. The van der Waals surface area contributed by atoms with Gasteiger partial charge < -0.3 is 10.2 Å². The van der Waals surface area contributed by atoms with Gasteiger partial charge >= 0.3 is 0 Å². The minimum absolute atomic E-state index is 0.0935. The zero-order valence-corrected chi connectivity index (χ0v) is 12.0. The summed E-state index contributed by atoms with van der Waals surface area (Å²) in [6.07, 6.45) is 8.36. The largest absolute Gasteiger partial charge is 0.338 e. The van der Waals surface area contributed by atoms with E-state index in [0.717, 1.165) is 38.3 Å². The lowest BCUT2D eigenvalue weighted by atomic mass is 9.85. The average Bonchev–Trinajstić information content (AvgIpc) is 2.37. The molecule has 2 aliphatic rings. The minimum Gasteiger partial charge on any atom is -0.338 e. The van der Waals surface area contributed by atoms with Gasteiger partial charge in [0.1, 0.15) is 0 Å². The van der Waals surface area contributed by atoms with Crippen LogP contribution in [-0.2, 0) is 4.79 Å². The summed E-state index contributed by atoms with van der Waals surface area (Å²) in [4.78, 5) is 14.7. The van der Waals surface area contributed by atoms with E-state index in [1.54, 1.807) is 0 Å². The number of hydrogen-bond acceptors (Lipinski definition) is 2. The number of hydrogen-bond donors (Lipinski definition) is 1. The zero-order chi connectivity index (χ0) is 13.0. The lowest BCUT2D eigenvalue weighted by Crippen LogP contribution is -2.55. The molecule has 1 saturated carbocycles. The number of carbonyl (C=O) groups excluding carboxylic acids is 1. The monoisotopic (exact) mass is 252 g/mol. The maximum absolute atomic E-state index is 12.5. The first-order valence-electron chi connectivity index (χ1n) is 7.76. The van der Waals surface area contributed by atoms with Crippen LogP contribution in [0, 0.1) is 5.92 Å². The van der Waals surface area contributed by atoms with Gasteiger partial charge in [-0.1, -0.05) is 26.7 Å². The Hall–Kier alpha value is -0.570. The first-order valence-corrected chi connectivity index (χ1v) is 7.76. The Morgan fingerprint density at radius 1 is 1.28 bits per heavy atom. The van der Waals surface area contributed by atoms with E-state index < -0.39 is 0 Å². The van der Waals surface area contributed by atoms with Gasteiger partial charge in [-0.3, -0.25) is 4.79 Å². The molecule has 0 bridgehead atoms. The molecule has 0 aromatic rings. The lowest BCUT2D eigenvalue weighted by Gasteiger charge is -2.41. The molecule has 1 saturated heterocycles. The van der Waals surface area contributed by atoms with Crippen LogP contribution >= 0.6 is 0 Å². The molecule has 0 aromatic heterocycles. The Labute approximate surface area is 111 Å². The lowest BCUT2D eigenvalue weighted by molar-refractivity contribution is -0.139. The fourth-order valence-corrected chi connectivity index (χ4v) is 3.46. The summed E-state index contributed by atoms with van der Waals surface area (Å²) in [5.74, 6) is 1.16. The molecule has 104 valence electrons. The number of amides is 1. The van der Waals surface area contributed by atoms with Gasteiger partial charge in [-0.2, -0.15) is 0 Å². The van der Waals surface area contributed by atoms with E-state index in [4.69, 9.17) is 0 Å². The maximum atomic E-state index is 12.5. The third-order valence-electron chi connectivity index (χ3n) is 4.46. The van der Waals surface area contributed by atoms with Gasteiger partial charge in [0.2, 0.25) is 5.91 Å². The summed E-state index contributed by atoms with van der Waals surface area (Å²) in [6.45, 7) is 6.43. The van der Waals surface area contributed by atoms with Crippen molar-refractivity contribution in [3.8, 4) is 0 Å². The van der Waals surface area contributed by atoms with Crippen LogP contribution in [0.15, 0.2) is 0 Å². The van der Waals surface area contributed by atoms with Crippen molar-refractivity contribution in [3.63, 3.8) is 0 Å². The summed E-state index contributed by atoms with van der Waals surface area (Å²) in [5.41, 5.74) is 0. The second-order valence-corrected chi connectivity index (χ2v) is 6.11. The molecule has 3 unspecified atom stereocenters. The van der Waals surface area contributed by atoms with E-state index in [1.165, 1.54) is 25.7 Å². The normalized spacial score (nSPS) is 33.8. The maximum Gasteiger partial charge on any atom is 0.239 e. The first-order chi connectivity index (χ1) is 8.72. The van der Waals surface area contributed by atoms with Crippen LogP contribution in [0.2, 0.25) is 0 Å². The predicted octanol–water partition coefficient (Wildman–Crippen LogP) is 2.56. The van der Waals surface area contributed by atoms with Crippen molar-refractivity contribution in [3.05, 3.63) is 0 Å². The number of nitrogens with one attached hydrogen (secondary N) is 1. The third kappa shape index (κ3) is 3.25. The Morgan fingerprint density at radius 2 is 2.11 bits per heavy atom. The summed E-state index contributed by atoms with van der Waals surface area (Å²) >= 11 is 0. The minimum atomic E-state index is 0.0935. The van der Waals surface area contributed by atoms with Crippen LogP contribution in [0.4, 0.5) is 0 Å². The molecule has 3 nitrogen and oxygen atoms in total. The smallest absolute Gasteiger partial charge is 0.239 e. The SMILES string of the molecule is CCCNC1CCCN(C2CCCC(C)C2)C1=O. The van der Waals surface area contributed by atoms with Gasteiger partial charge in [-0.25, -0.2) is 0 Å². The quantitative estimate of drug-likeness (QED) is 0.834. The van der Waals surface area contributed by atoms with E-state index >= 15 is 0 Å². The number of carbonyl (C=O) groups is 1. The van der Waals surface area contributed by atoms with Crippen LogP contribution in [0.25, 0.3) is 0 Å². The third-order valence-corrected chi connectivity index (χ3v) is 4.46. The highest BCUT2D eigenvalue weighted by Crippen LogP contribution is 2.29. The van der Waals surface area contributed by atoms with E-state index in [-0.39, 0.29) is 6.04 Å². The van der Waals surface area contributed by atoms with Crippen molar-refractivity contribution in [1.29, 1.82) is 0 Å².